The van der Waals surface area contributed by atoms with E-state index in [1.807, 2.05) is 30.3 Å². The second kappa shape index (κ2) is 3.90. The van der Waals surface area contributed by atoms with E-state index in [-0.39, 0.29) is 2.85 Å². The molecule has 0 aliphatic carbocycles. The van der Waals surface area contributed by atoms with E-state index in [1.54, 1.807) is 0 Å². The van der Waals surface area contributed by atoms with Crippen LogP contribution in [0.4, 0.5) is 5.69 Å². The molecule has 58 valence electrons. The van der Waals surface area contributed by atoms with Gasteiger partial charge in [0.25, 0.3) is 0 Å². The smallest absolute Gasteiger partial charge is 0.0487 e. The van der Waals surface area contributed by atoms with Crippen molar-refractivity contribution < 1.29 is 2.85 Å². The summed E-state index contributed by atoms with van der Waals surface area (Å²) in [5, 5.41) is 0. The van der Waals surface area contributed by atoms with Gasteiger partial charge in [-0.25, -0.2) is 5.43 Å². The fourth-order valence-electron chi connectivity index (χ4n) is 0.712. The minimum absolute atomic E-state index is 0. The zero-order chi connectivity index (χ0) is 7.23. The number of benzene rings is 1. The monoisotopic (exact) mass is 140 g/mol. The highest BCUT2D eigenvalue weighted by atomic mass is 15.3. The Bertz CT molecular complexity index is 180. The van der Waals surface area contributed by atoms with Gasteiger partial charge in [-0.2, -0.15) is 0 Å². The Morgan fingerprint density at radius 3 is 2.60 bits per heavy atom. The standard InChI is InChI=1S/C8H12N2.2H2/c1-2-9-10-8-6-4-3-5-7-8;;/h3-7,9-10H,2H2,1H3;2*1H. The summed E-state index contributed by atoms with van der Waals surface area (Å²) in [5.41, 5.74) is 7.16. The van der Waals surface area contributed by atoms with Crippen molar-refractivity contribution in [3.05, 3.63) is 30.3 Å². The van der Waals surface area contributed by atoms with Gasteiger partial charge >= 0.3 is 0 Å². The predicted molar refractivity (Wildman–Crippen MR) is 48.0 cm³/mol. The molecule has 0 radical (unpaired) electrons. The minimum Gasteiger partial charge on any atom is -0.322 e. The number of nitrogens with one attached hydrogen (secondary N) is 2. The summed E-state index contributed by atoms with van der Waals surface area (Å²) in [6, 6.07) is 10.0. The first-order chi connectivity index (χ1) is 4.93. The van der Waals surface area contributed by atoms with E-state index in [4.69, 9.17) is 0 Å². The summed E-state index contributed by atoms with van der Waals surface area (Å²) in [6.07, 6.45) is 0. The molecule has 1 aromatic carbocycles. The largest absolute Gasteiger partial charge is 0.322 e. The lowest BCUT2D eigenvalue weighted by Gasteiger charge is -2.03. The van der Waals surface area contributed by atoms with E-state index in [9.17, 15) is 0 Å². The molecular formula is C8H16N2. The lowest BCUT2D eigenvalue weighted by atomic mass is 10.3. The topological polar surface area (TPSA) is 24.1 Å². The van der Waals surface area contributed by atoms with Crippen molar-refractivity contribution in [2.75, 3.05) is 12.0 Å². The van der Waals surface area contributed by atoms with E-state index >= 15 is 0 Å². The molecule has 1 aromatic rings. The number of rotatable bonds is 3. The van der Waals surface area contributed by atoms with Gasteiger partial charge in [-0.1, -0.05) is 25.1 Å². The van der Waals surface area contributed by atoms with Crippen LogP contribution in [-0.4, -0.2) is 6.54 Å². The van der Waals surface area contributed by atoms with Crippen molar-refractivity contribution in [2.24, 2.45) is 0 Å². The highest BCUT2D eigenvalue weighted by Crippen LogP contribution is 2.01. The summed E-state index contributed by atoms with van der Waals surface area (Å²) in [7, 11) is 0. The lowest BCUT2D eigenvalue weighted by molar-refractivity contribution is 0.844. The molecule has 0 aromatic heterocycles. The van der Waals surface area contributed by atoms with Gasteiger partial charge in [-0.3, -0.25) is 0 Å². The number of hydrogen-bond acceptors (Lipinski definition) is 2. The fraction of sp³-hybridized carbons (Fsp3) is 0.250. The van der Waals surface area contributed by atoms with Gasteiger partial charge in [0.15, 0.2) is 0 Å². The molecule has 2 heteroatoms. The highest BCUT2D eigenvalue weighted by Gasteiger charge is 1.83. The zero-order valence-corrected chi connectivity index (χ0v) is 6.09. The molecule has 0 heterocycles. The average Bonchev–Trinajstić information content (AvgIpc) is 2.03. The van der Waals surface area contributed by atoms with Crippen LogP contribution < -0.4 is 10.9 Å². The Morgan fingerprint density at radius 2 is 2.00 bits per heavy atom. The Hall–Kier alpha value is -1.02. The van der Waals surface area contributed by atoms with Crippen molar-refractivity contribution in [3.63, 3.8) is 0 Å². The molecule has 0 spiro atoms. The predicted octanol–water partition coefficient (Wildman–Crippen LogP) is 2.11. The van der Waals surface area contributed by atoms with E-state index in [2.05, 4.69) is 17.8 Å². The van der Waals surface area contributed by atoms with Gasteiger partial charge in [0.1, 0.15) is 0 Å². The third-order valence-corrected chi connectivity index (χ3v) is 1.18. The van der Waals surface area contributed by atoms with Crippen LogP contribution in [-0.2, 0) is 0 Å². The molecule has 0 atom stereocenters. The van der Waals surface area contributed by atoms with Crippen LogP contribution in [0.25, 0.3) is 0 Å². The Kier molecular flexibility index (Phi) is 2.77. The van der Waals surface area contributed by atoms with Crippen molar-refractivity contribution >= 4 is 5.69 Å². The number of hydrogen-bond donors (Lipinski definition) is 2. The third kappa shape index (κ3) is 2.07. The first kappa shape index (κ1) is 7.09. The van der Waals surface area contributed by atoms with Crippen LogP contribution in [0.1, 0.15) is 9.78 Å². The van der Waals surface area contributed by atoms with Gasteiger partial charge in [0.05, 0.1) is 0 Å². The molecule has 0 fully saturated rings. The third-order valence-electron chi connectivity index (χ3n) is 1.18. The Labute approximate surface area is 64.2 Å². The van der Waals surface area contributed by atoms with Crippen LogP contribution in [0.15, 0.2) is 30.3 Å². The van der Waals surface area contributed by atoms with E-state index in [0.717, 1.165) is 12.2 Å². The number of hydrazine groups is 1. The van der Waals surface area contributed by atoms with Crippen molar-refractivity contribution in [1.29, 1.82) is 0 Å². The van der Waals surface area contributed by atoms with Crippen molar-refractivity contribution in [1.82, 2.24) is 5.43 Å². The maximum absolute atomic E-state index is 3.04. The first-order valence-corrected chi connectivity index (χ1v) is 3.47. The first-order valence-electron chi connectivity index (χ1n) is 3.47. The van der Waals surface area contributed by atoms with Crippen LogP contribution >= 0.6 is 0 Å². The van der Waals surface area contributed by atoms with Gasteiger partial charge in [0, 0.05) is 15.1 Å². The van der Waals surface area contributed by atoms with Crippen LogP contribution in [0.5, 0.6) is 0 Å². The van der Waals surface area contributed by atoms with Gasteiger partial charge in [-0.05, 0) is 12.1 Å². The summed E-state index contributed by atoms with van der Waals surface area (Å²) in [4.78, 5) is 0. The molecule has 0 saturated carbocycles. The summed E-state index contributed by atoms with van der Waals surface area (Å²) in [5.74, 6) is 0. The summed E-state index contributed by atoms with van der Waals surface area (Å²) >= 11 is 0. The average molecular weight is 140 g/mol. The van der Waals surface area contributed by atoms with Crippen molar-refractivity contribution in [2.45, 2.75) is 6.92 Å². The maximum atomic E-state index is 3.04. The molecule has 0 aliphatic heterocycles. The number of anilines is 1. The Morgan fingerprint density at radius 1 is 1.30 bits per heavy atom. The second-order valence-electron chi connectivity index (χ2n) is 2.02. The van der Waals surface area contributed by atoms with Gasteiger partial charge in [0.2, 0.25) is 0 Å². The summed E-state index contributed by atoms with van der Waals surface area (Å²) < 4.78 is 0. The molecule has 10 heavy (non-hydrogen) atoms. The van der Waals surface area contributed by atoms with Gasteiger partial charge in [-0.15, -0.1) is 0 Å². The fourth-order valence-corrected chi connectivity index (χ4v) is 0.712. The molecule has 0 bridgehead atoms. The lowest BCUT2D eigenvalue weighted by Crippen LogP contribution is -2.20. The van der Waals surface area contributed by atoms with Crippen LogP contribution in [0.3, 0.4) is 0 Å². The maximum Gasteiger partial charge on any atom is 0.0487 e. The normalized spacial score (nSPS) is 9.30. The SMILES string of the molecule is CCNNc1ccccc1.[HH].[HH]. The van der Waals surface area contributed by atoms with E-state index in [0.29, 0.717) is 0 Å². The molecule has 1 rings (SSSR count). The molecule has 0 unspecified atom stereocenters. The number of para-hydroxylation sites is 1. The molecule has 0 saturated heterocycles. The quantitative estimate of drug-likeness (QED) is 0.628. The molecule has 0 amide bonds. The highest BCUT2D eigenvalue weighted by molar-refractivity contribution is 5.41. The van der Waals surface area contributed by atoms with Crippen LogP contribution in [0.2, 0.25) is 0 Å². The minimum atomic E-state index is 0. The molecule has 2 N–H and O–H groups in total. The molecule has 0 aliphatic rings. The zero-order valence-electron chi connectivity index (χ0n) is 6.09. The van der Waals surface area contributed by atoms with E-state index < -0.39 is 0 Å². The summed E-state index contributed by atoms with van der Waals surface area (Å²) in [6.45, 7) is 2.98. The molecule has 2 nitrogen and oxygen atoms in total. The second-order valence-corrected chi connectivity index (χ2v) is 2.02. The Balaban J connectivity index is 0. The van der Waals surface area contributed by atoms with Crippen LogP contribution in [0, 0.1) is 0 Å². The van der Waals surface area contributed by atoms with E-state index in [1.165, 1.54) is 0 Å². The van der Waals surface area contributed by atoms with Crippen molar-refractivity contribution in [3.8, 4) is 0 Å². The molecular weight excluding hydrogens is 124 g/mol. The van der Waals surface area contributed by atoms with Gasteiger partial charge < -0.3 is 5.43 Å².